The number of phenols is 1. The molecule has 1 heterocycles. The van der Waals surface area contributed by atoms with Crippen LogP contribution in [0.3, 0.4) is 0 Å². The highest BCUT2D eigenvalue weighted by molar-refractivity contribution is 6.07. The Morgan fingerprint density at radius 3 is 2.26 bits per heavy atom. The molecule has 0 aliphatic carbocycles. The first-order valence-corrected chi connectivity index (χ1v) is 8.74. The lowest BCUT2D eigenvalue weighted by atomic mass is 10.0. The van der Waals surface area contributed by atoms with Gasteiger partial charge in [-0.05, 0) is 18.2 Å². The Bertz CT molecular complexity index is 1170. The molecular weight excluding hydrogens is 410 g/mol. The van der Waals surface area contributed by atoms with Crippen molar-refractivity contribution in [2.24, 2.45) is 0 Å². The largest absolute Gasteiger partial charge is 0.504 e. The molecule has 11 heteroatoms. The van der Waals surface area contributed by atoms with Crippen molar-refractivity contribution in [3.05, 3.63) is 63.8 Å². The topological polar surface area (TPSA) is 143 Å². The average Bonchev–Trinajstić information content (AvgIpc) is 3.18. The van der Waals surface area contributed by atoms with E-state index in [9.17, 15) is 24.8 Å². The number of methoxy groups -OCH3 is 3. The predicted molar refractivity (Wildman–Crippen MR) is 107 cm³/mol. The minimum Gasteiger partial charge on any atom is -0.504 e. The maximum absolute atomic E-state index is 12.6. The number of aromatic hydroxyl groups is 1. The van der Waals surface area contributed by atoms with Gasteiger partial charge in [-0.15, -0.1) is 0 Å². The minimum atomic E-state index is -0.921. The zero-order valence-electron chi connectivity index (χ0n) is 16.7. The van der Waals surface area contributed by atoms with Gasteiger partial charge in [0, 0.05) is 11.6 Å². The lowest BCUT2D eigenvalue weighted by Gasteiger charge is -2.08. The second kappa shape index (κ2) is 8.53. The first-order chi connectivity index (χ1) is 14.8. The fourth-order valence-electron chi connectivity index (χ4n) is 3.04. The van der Waals surface area contributed by atoms with E-state index in [4.69, 9.17) is 14.2 Å². The van der Waals surface area contributed by atoms with Gasteiger partial charge in [0.15, 0.2) is 11.4 Å². The number of carbonyl (C=O) groups is 2. The van der Waals surface area contributed by atoms with Crippen LogP contribution >= 0.6 is 0 Å². The number of nitrogens with zero attached hydrogens (tertiary/aromatic N) is 3. The van der Waals surface area contributed by atoms with Gasteiger partial charge < -0.3 is 19.3 Å². The second-order valence-corrected chi connectivity index (χ2v) is 6.11. The standard InChI is InChI=1S/C20H17N3O8/c1-29-18-13(23(27)28)9-11(10-14(18)24)16-15(19(25)30-2)17(20(26)31-3)22(21-16)12-7-5-4-6-8-12/h4-10,24H,1-3H3. The highest BCUT2D eigenvalue weighted by atomic mass is 16.6. The molecule has 0 aliphatic rings. The van der Waals surface area contributed by atoms with Gasteiger partial charge in [-0.25, -0.2) is 14.3 Å². The van der Waals surface area contributed by atoms with Crippen LogP contribution in [0, 0.1) is 10.1 Å². The van der Waals surface area contributed by atoms with Crippen LogP contribution in [0.15, 0.2) is 42.5 Å². The third-order valence-electron chi connectivity index (χ3n) is 4.38. The van der Waals surface area contributed by atoms with Gasteiger partial charge in [0.2, 0.25) is 5.75 Å². The van der Waals surface area contributed by atoms with E-state index in [-0.39, 0.29) is 28.3 Å². The average molecular weight is 427 g/mol. The maximum atomic E-state index is 12.6. The van der Waals surface area contributed by atoms with Crippen LogP contribution in [0.25, 0.3) is 16.9 Å². The lowest BCUT2D eigenvalue weighted by Crippen LogP contribution is -2.15. The Labute approximate surface area is 175 Å². The zero-order valence-corrected chi connectivity index (χ0v) is 16.7. The Morgan fingerprint density at radius 1 is 1.06 bits per heavy atom. The number of ether oxygens (including phenoxy) is 3. The van der Waals surface area contributed by atoms with Crippen molar-refractivity contribution in [3.8, 4) is 28.4 Å². The Hall–Kier alpha value is -4.41. The summed E-state index contributed by atoms with van der Waals surface area (Å²) in [4.78, 5) is 35.9. The van der Waals surface area contributed by atoms with Crippen molar-refractivity contribution in [1.82, 2.24) is 9.78 Å². The molecule has 31 heavy (non-hydrogen) atoms. The normalized spacial score (nSPS) is 10.4. The third-order valence-corrected chi connectivity index (χ3v) is 4.38. The van der Waals surface area contributed by atoms with Crippen LogP contribution in [-0.4, -0.2) is 53.1 Å². The molecule has 0 unspecified atom stereocenters. The zero-order chi connectivity index (χ0) is 22.7. The molecule has 2 aromatic carbocycles. The number of esters is 2. The summed E-state index contributed by atoms with van der Waals surface area (Å²) < 4.78 is 15.7. The summed E-state index contributed by atoms with van der Waals surface area (Å²) >= 11 is 0. The molecule has 0 radical (unpaired) electrons. The highest BCUT2D eigenvalue weighted by Gasteiger charge is 2.33. The van der Waals surface area contributed by atoms with Crippen molar-refractivity contribution in [2.45, 2.75) is 0 Å². The van der Waals surface area contributed by atoms with Crippen LogP contribution < -0.4 is 4.74 Å². The molecule has 0 bridgehead atoms. The quantitative estimate of drug-likeness (QED) is 0.357. The summed E-state index contributed by atoms with van der Waals surface area (Å²) in [6.07, 6.45) is 0. The lowest BCUT2D eigenvalue weighted by molar-refractivity contribution is -0.385. The number of para-hydroxylation sites is 1. The molecule has 0 spiro atoms. The molecule has 3 aromatic rings. The van der Waals surface area contributed by atoms with E-state index >= 15 is 0 Å². The fraction of sp³-hybridized carbons (Fsp3) is 0.150. The predicted octanol–water partition coefficient (Wildman–Crippen LogP) is 2.73. The molecule has 0 aliphatic heterocycles. The van der Waals surface area contributed by atoms with Gasteiger partial charge in [-0.2, -0.15) is 5.10 Å². The monoisotopic (exact) mass is 427 g/mol. The number of nitro benzene ring substituents is 1. The smallest absolute Gasteiger partial charge is 0.357 e. The van der Waals surface area contributed by atoms with Gasteiger partial charge in [0.05, 0.1) is 31.9 Å². The first kappa shape index (κ1) is 21.3. The van der Waals surface area contributed by atoms with Crippen LogP contribution in [0.4, 0.5) is 5.69 Å². The third kappa shape index (κ3) is 3.75. The SMILES string of the molecule is COC(=O)c1c(-c2cc(O)c(OC)c([N+](=O)[O-])c2)nn(-c2ccccc2)c1C(=O)OC. The van der Waals surface area contributed by atoms with Crippen molar-refractivity contribution in [1.29, 1.82) is 0 Å². The number of hydrogen-bond acceptors (Lipinski definition) is 9. The van der Waals surface area contributed by atoms with Crippen molar-refractivity contribution < 1.29 is 33.8 Å². The molecule has 0 atom stereocenters. The molecule has 0 fully saturated rings. The van der Waals surface area contributed by atoms with Gasteiger partial charge in [0.1, 0.15) is 11.3 Å². The van der Waals surface area contributed by atoms with E-state index in [0.717, 1.165) is 26.4 Å². The Morgan fingerprint density at radius 2 is 1.71 bits per heavy atom. The molecule has 11 nitrogen and oxygen atoms in total. The molecule has 160 valence electrons. The number of nitro groups is 1. The second-order valence-electron chi connectivity index (χ2n) is 6.11. The van der Waals surface area contributed by atoms with E-state index in [0.29, 0.717) is 5.69 Å². The Balaban J connectivity index is 2.41. The number of rotatable bonds is 6. The summed E-state index contributed by atoms with van der Waals surface area (Å²) in [5.74, 6) is -2.70. The number of phenolic OH excluding ortho intramolecular Hbond substituents is 1. The van der Waals surface area contributed by atoms with Crippen molar-refractivity contribution >= 4 is 17.6 Å². The maximum Gasteiger partial charge on any atom is 0.357 e. The summed E-state index contributed by atoms with van der Waals surface area (Å²) in [7, 11) is 3.41. The number of aromatic nitrogens is 2. The summed E-state index contributed by atoms with van der Waals surface area (Å²) in [5, 5.41) is 26.0. The molecule has 1 N–H and O–H groups in total. The highest BCUT2D eigenvalue weighted by Crippen LogP contribution is 2.41. The summed E-state index contributed by atoms with van der Waals surface area (Å²) in [6, 6.07) is 10.6. The van der Waals surface area contributed by atoms with Crippen molar-refractivity contribution in [2.75, 3.05) is 21.3 Å². The number of benzene rings is 2. The summed E-state index contributed by atoms with van der Waals surface area (Å²) in [5.41, 5.74) is -0.790. The minimum absolute atomic E-state index is 0.00904. The molecule has 0 saturated carbocycles. The first-order valence-electron chi connectivity index (χ1n) is 8.74. The van der Waals surface area contributed by atoms with Crippen LogP contribution in [0.1, 0.15) is 20.8 Å². The van der Waals surface area contributed by atoms with Gasteiger partial charge in [-0.3, -0.25) is 10.1 Å². The molecule has 0 amide bonds. The molecule has 3 rings (SSSR count). The van der Waals surface area contributed by atoms with Crippen LogP contribution in [-0.2, 0) is 9.47 Å². The van der Waals surface area contributed by atoms with E-state index in [2.05, 4.69) is 5.10 Å². The van der Waals surface area contributed by atoms with Crippen LogP contribution in [0.5, 0.6) is 11.5 Å². The van der Waals surface area contributed by atoms with E-state index in [1.54, 1.807) is 30.3 Å². The number of hydrogen-bond donors (Lipinski definition) is 1. The molecular formula is C20H17N3O8. The van der Waals surface area contributed by atoms with Gasteiger partial charge in [-0.1, -0.05) is 18.2 Å². The molecule has 1 aromatic heterocycles. The van der Waals surface area contributed by atoms with Gasteiger partial charge in [0.25, 0.3) is 0 Å². The van der Waals surface area contributed by atoms with E-state index in [1.165, 1.54) is 11.8 Å². The van der Waals surface area contributed by atoms with Crippen LogP contribution in [0.2, 0.25) is 0 Å². The van der Waals surface area contributed by atoms with E-state index in [1.807, 2.05) is 0 Å². The fourth-order valence-corrected chi connectivity index (χ4v) is 3.04. The Kier molecular flexibility index (Phi) is 5.86. The van der Waals surface area contributed by atoms with Gasteiger partial charge >= 0.3 is 17.6 Å². The van der Waals surface area contributed by atoms with Crippen molar-refractivity contribution in [3.63, 3.8) is 0 Å². The summed E-state index contributed by atoms with van der Waals surface area (Å²) in [6.45, 7) is 0. The number of carbonyl (C=O) groups excluding carboxylic acids is 2. The molecule has 0 saturated heterocycles. The van der Waals surface area contributed by atoms with E-state index < -0.39 is 28.3 Å².